The Balaban J connectivity index is 1.79. The first-order valence-corrected chi connectivity index (χ1v) is 7.39. The Morgan fingerprint density at radius 2 is 2.20 bits per heavy atom. The molecule has 0 bridgehead atoms. The summed E-state index contributed by atoms with van der Waals surface area (Å²) in [5.74, 6) is -0.264. The van der Waals surface area contributed by atoms with E-state index >= 15 is 0 Å². The highest BCUT2D eigenvalue weighted by Gasteiger charge is 2.37. The predicted octanol–water partition coefficient (Wildman–Crippen LogP) is 2.43. The Bertz CT molecular complexity index is 515. The molecular weight excluding hydrogens is 252 g/mol. The van der Waals surface area contributed by atoms with Crippen LogP contribution in [0.1, 0.15) is 35.2 Å². The van der Waals surface area contributed by atoms with Crippen LogP contribution in [0.2, 0.25) is 0 Å². The summed E-state index contributed by atoms with van der Waals surface area (Å²) in [5.41, 5.74) is 2.70. The van der Waals surface area contributed by atoms with Crippen molar-refractivity contribution in [3.63, 3.8) is 0 Å². The number of rotatable bonds is 3. The fraction of sp³-hybridized carbons (Fsp3) is 0.562. The summed E-state index contributed by atoms with van der Waals surface area (Å²) >= 11 is 0. The van der Waals surface area contributed by atoms with Crippen LogP contribution in [0.4, 0.5) is 5.69 Å². The van der Waals surface area contributed by atoms with E-state index in [-0.39, 0.29) is 5.97 Å². The van der Waals surface area contributed by atoms with Gasteiger partial charge in [-0.15, -0.1) is 0 Å². The molecule has 4 nitrogen and oxygen atoms in total. The van der Waals surface area contributed by atoms with Gasteiger partial charge in [0, 0.05) is 24.3 Å². The van der Waals surface area contributed by atoms with E-state index in [1.54, 1.807) is 0 Å². The summed E-state index contributed by atoms with van der Waals surface area (Å²) in [6.07, 6.45) is 3.78. The van der Waals surface area contributed by atoms with Crippen molar-refractivity contribution < 1.29 is 9.53 Å². The maximum Gasteiger partial charge on any atom is 0.338 e. The van der Waals surface area contributed by atoms with Crippen molar-refractivity contribution in [2.75, 3.05) is 25.5 Å². The SMILES string of the molecule is COC(=O)c1cccc(NC2CCN3CCCC23)c1C. The Morgan fingerprint density at radius 1 is 1.35 bits per heavy atom. The van der Waals surface area contributed by atoms with Gasteiger partial charge in [-0.3, -0.25) is 4.90 Å². The monoisotopic (exact) mass is 274 g/mol. The second-order valence-corrected chi connectivity index (χ2v) is 5.75. The third-order valence-corrected chi connectivity index (χ3v) is 4.69. The number of carbonyl (C=O) groups excluding carboxylic acids is 1. The van der Waals surface area contributed by atoms with E-state index in [0.717, 1.165) is 11.3 Å². The van der Waals surface area contributed by atoms with Crippen LogP contribution < -0.4 is 5.32 Å². The Hall–Kier alpha value is -1.55. The molecule has 2 atom stereocenters. The van der Waals surface area contributed by atoms with Gasteiger partial charge in [0.2, 0.25) is 0 Å². The van der Waals surface area contributed by atoms with E-state index in [2.05, 4.69) is 16.3 Å². The van der Waals surface area contributed by atoms with Crippen molar-refractivity contribution in [3.8, 4) is 0 Å². The second-order valence-electron chi connectivity index (χ2n) is 5.75. The highest BCUT2D eigenvalue weighted by Crippen LogP contribution is 2.31. The first-order chi connectivity index (χ1) is 9.70. The predicted molar refractivity (Wildman–Crippen MR) is 79.1 cm³/mol. The van der Waals surface area contributed by atoms with Gasteiger partial charge in [-0.1, -0.05) is 6.07 Å². The highest BCUT2D eigenvalue weighted by molar-refractivity contribution is 5.92. The molecule has 20 heavy (non-hydrogen) atoms. The van der Waals surface area contributed by atoms with E-state index in [9.17, 15) is 4.79 Å². The van der Waals surface area contributed by atoms with Gasteiger partial charge in [0.15, 0.2) is 0 Å². The van der Waals surface area contributed by atoms with Crippen LogP contribution in [-0.4, -0.2) is 43.2 Å². The van der Waals surface area contributed by atoms with Gasteiger partial charge in [-0.25, -0.2) is 4.79 Å². The Labute approximate surface area is 120 Å². The molecule has 0 spiro atoms. The molecule has 2 aliphatic heterocycles. The lowest BCUT2D eigenvalue weighted by Gasteiger charge is -2.23. The first kappa shape index (κ1) is 13.4. The molecule has 2 aliphatic rings. The van der Waals surface area contributed by atoms with E-state index in [0.29, 0.717) is 17.6 Å². The molecule has 4 heteroatoms. The lowest BCUT2D eigenvalue weighted by molar-refractivity contribution is 0.0600. The van der Waals surface area contributed by atoms with Gasteiger partial charge < -0.3 is 10.1 Å². The number of hydrogen-bond donors (Lipinski definition) is 1. The summed E-state index contributed by atoms with van der Waals surface area (Å²) < 4.78 is 4.84. The zero-order valence-electron chi connectivity index (χ0n) is 12.2. The first-order valence-electron chi connectivity index (χ1n) is 7.39. The highest BCUT2D eigenvalue weighted by atomic mass is 16.5. The van der Waals surface area contributed by atoms with Crippen LogP contribution in [0.3, 0.4) is 0 Å². The number of carbonyl (C=O) groups is 1. The summed E-state index contributed by atoms with van der Waals surface area (Å²) in [6.45, 7) is 4.41. The Kier molecular flexibility index (Phi) is 3.66. The molecule has 1 aromatic carbocycles. The number of methoxy groups -OCH3 is 1. The number of nitrogens with one attached hydrogen (secondary N) is 1. The molecule has 0 saturated carbocycles. The number of fused-ring (bicyclic) bond motifs is 1. The zero-order chi connectivity index (χ0) is 14.1. The molecule has 2 heterocycles. The van der Waals surface area contributed by atoms with Crippen molar-refractivity contribution >= 4 is 11.7 Å². The topological polar surface area (TPSA) is 41.6 Å². The van der Waals surface area contributed by atoms with Crippen LogP contribution in [0.25, 0.3) is 0 Å². The third kappa shape index (κ3) is 2.29. The molecule has 108 valence electrons. The van der Waals surface area contributed by atoms with Gasteiger partial charge >= 0.3 is 5.97 Å². The quantitative estimate of drug-likeness (QED) is 0.860. The average molecular weight is 274 g/mol. The lowest BCUT2D eigenvalue weighted by atomic mass is 10.0. The summed E-state index contributed by atoms with van der Waals surface area (Å²) in [7, 11) is 1.43. The van der Waals surface area contributed by atoms with Crippen LogP contribution in [0.15, 0.2) is 18.2 Å². The third-order valence-electron chi connectivity index (χ3n) is 4.69. The lowest BCUT2D eigenvalue weighted by Crippen LogP contribution is -2.34. The van der Waals surface area contributed by atoms with Crippen molar-refractivity contribution in [2.24, 2.45) is 0 Å². The maximum absolute atomic E-state index is 11.7. The standard InChI is InChI=1S/C16H22N2O2/c1-11-12(16(19)20-2)5-3-6-13(11)17-14-8-10-18-9-4-7-15(14)18/h3,5-6,14-15,17H,4,7-10H2,1-2H3. The molecule has 0 aliphatic carbocycles. The molecule has 0 aromatic heterocycles. The number of benzene rings is 1. The van der Waals surface area contributed by atoms with E-state index in [1.807, 2.05) is 19.1 Å². The minimum atomic E-state index is -0.264. The van der Waals surface area contributed by atoms with Gasteiger partial charge in [0.1, 0.15) is 0 Å². The van der Waals surface area contributed by atoms with E-state index < -0.39 is 0 Å². The van der Waals surface area contributed by atoms with E-state index in [1.165, 1.54) is 39.5 Å². The van der Waals surface area contributed by atoms with Gasteiger partial charge in [-0.2, -0.15) is 0 Å². The van der Waals surface area contributed by atoms with Gasteiger partial charge in [0.05, 0.1) is 12.7 Å². The molecule has 1 aromatic rings. The molecule has 0 amide bonds. The second kappa shape index (κ2) is 5.44. The maximum atomic E-state index is 11.7. The van der Waals surface area contributed by atoms with Crippen LogP contribution in [0, 0.1) is 6.92 Å². The molecule has 3 rings (SSSR count). The smallest absolute Gasteiger partial charge is 0.338 e. The van der Waals surface area contributed by atoms with Crippen molar-refractivity contribution in [3.05, 3.63) is 29.3 Å². The molecule has 2 unspecified atom stereocenters. The summed E-state index contributed by atoms with van der Waals surface area (Å²) in [4.78, 5) is 14.3. The summed E-state index contributed by atoms with van der Waals surface area (Å²) in [6, 6.07) is 6.96. The Morgan fingerprint density at radius 3 is 3.00 bits per heavy atom. The molecule has 2 fully saturated rings. The van der Waals surface area contributed by atoms with Crippen molar-refractivity contribution in [1.29, 1.82) is 0 Å². The zero-order valence-corrected chi connectivity index (χ0v) is 12.2. The normalized spacial score (nSPS) is 25.5. The average Bonchev–Trinajstić information content (AvgIpc) is 3.05. The van der Waals surface area contributed by atoms with Crippen LogP contribution >= 0.6 is 0 Å². The van der Waals surface area contributed by atoms with Crippen LogP contribution in [-0.2, 0) is 4.74 Å². The molecule has 0 radical (unpaired) electrons. The van der Waals surface area contributed by atoms with Gasteiger partial charge in [-0.05, 0) is 50.4 Å². The molecule has 2 saturated heterocycles. The van der Waals surface area contributed by atoms with E-state index in [4.69, 9.17) is 4.74 Å². The molecule has 1 N–H and O–H groups in total. The van der Waals surface area contributed by atoms with Gasteiger partial charge in [0.25, 0.3) is 0 Å². The minimum absolute atomic E-state index is 0.264. The van der Waals surface area contributed by atoms with Crippen molar-refractivity contribution in [1.82, 2.24) is 4.90 Å². The van der Waals surface area contributed by atoms with Crippen LogP contribution in [0.5, 0.6) is 0 Å². The minimum Gasteiger partial charge on any atom is -0.465 e. The largest absolute Gasteiger partial charge is 0.465 e. The fourth-order valence-electron chi connectivity index (χ4n) is 3.57. The number of hydrogen-bond acceptors (Lipinski definition) is 4. The fourth-order valence-corrected chi connectivity index (χ4v) is 3.57. The number of anilines is 1. The molecular formula is C16H22N2O2. The summed E-state index contributed by atoms with van der Waals surface area (Å²) in [5, 5.41) is 3.65. The number of nitrogens with zero attached hydrogens (tertiary/aromatic N) is 1. The number of esters is 1. The number of ether oxygens (including phenoxy) is 1. The van der Waals surface area contributed by atoms with Crippen molar-refractivity contribution in [2.45, 2.75) is 38.3 Å².